The van der Waals surface area contributed by atoms with E-state index in [0.29, 0.717) is 17.2 Å². The largest absolute Gasteiger partial charge is 0.507 e. The van der Waals surface area contributed by atoms with E-state index in [1.54, 1.807) is 6.33 Å². The number of nitrogens with zero attached hydrogens (tertiary/aromatic N) is 5. The summed E-state index contributed by atoms with van der Waals surface area (Å²) in [6.45, 7) is 5.94. The Hall–Kier alpha value is -2.42. The molecule has 8 nitrogen and oxygen atoms in total. The second-order valence-corrected chi connectivity index (χ2v) is 8.06. The van der Waals surface area contributed by atoms with E-state index in [1.807, 2.05) is 12.1 Å². The van der Waals surface area contributed by atoms with Gasteiger partial charge in [-0.1, -0.05) is 0 Å². The second kappa shape index (κ2) is 9.16. The third-order valence-electron chi connectivity index (χ3n) is 5.94. The van der Waals surface area contributed by atoms with Crippen LogP contribution in [0.1, 0.15) is 36.8 Å². The summed E-state index contributed by atoms with van der Waals surface area (Å²) in [7, 11) is 0. The van der Waals surface area contributed by atoms with Crippen LogP contribution in [0, 0.1) is 0 Å². The van der Waals surface area contributed by atoms with Crippen molar-refractivity contribution < 1.29 is 5.11 Å². The van der Waals surface area contributed by atoms with Gasteiger partial charge in [0.15, 0.2) is 11.5 Å². The van der Waals surface area contributed by atoms with E-state index in [-0.39, 0.29) is 12.4 Å². The number of imidazole rings is 1. The molecule has 0 radical (unpaired) electrons. The molecule has 0 bridgehead atoms. The highest BCUT2D eigenvalue weighted by Gasteiger charge is 2.20. The van der Waals surface area contributed by atoms with Gasteiger partial charge in [0.05, 0.1) is 6.33 Å². The van der Waals surface area contributed by atoms with Crippen molar-refractivity contribution in [2.45, 2.75) is 38.8 Å². The molecule has 0 amide bonds. The number of fused-ring (bicyclic) bond motifs is 1. The molecule has 0 spiro atoms. The molecule has 2 aromatic heterocycles. The lowest BCUT2D eigenvalue weighted by Crippen LogP contribution is -2.20. The molecular weight excluding hydrogens is 402 g/mol. The summed E-state index contributed by atoms with van der Waals surface area (Å²) in [6, 6.07) is 4.09. The van der Waals surface area contributed by atoms with E-state index in [1.165, 1.54) is 32.0 Å². The molecule has 0 saturated carbocycles. The molecule has 4 heterocycles. The summed E-state index contributed by atoms with van der Waals surface area (Å²) >= 11 is 0. The number of hydrogen-bond donors (Lipinski definition) is 3. The van der Waals surface area contributed by atoms with Crippen molar-refractivity contribution in [1.29, 1.82) is 0 Å². The van der Waals surface area contributed by atoms with Gasteiger partial charge in [-0.15, -0.1) is 12.4 Å². The molecule has 2 saturated heterocycles. The van der Waals surface area contributed by atoms with Crippen LogP contribution < -0.4 is 5.32 Å². The molecule has 9 heteroatoms. The smallest absolute Gasteiger partial charge is 0.182 e. The first-order valence-electron chi connectivity index (χ1n) is 10.5. The minimum atomic E-state index is 0. The first kappa shape index (κ1) is 20.8. The predicted molar refractivity (Wildman–Crippen MR) is 119 cm³/mol. The van der Waals surface area contributed by atoms with Gasteiger partial charge in [-0.2, -0.15) is 0 Å². The summed E-state index contributed by atoms with van der Waals surface area (Å²) in [4.78, 5) is 20.7. The average molecular weight is 430 g/mol. The first-order chi connectivity index (χ1) is 14.3. The molecule has 0 unspecified atom stereocenters. The third-order valence-corrected chi connectivity index (χ3v) is 5.94. The van der Waals surface area contributed by atoms with Gasteiger partial charge < -0.3 is 15.4 Å². The van der Waals surface area contributed by atoms with E-state index in [4.69, 9.17) is 0 Å². The van der Waals surface area contributed by atoms with Crippen LogP contribution in [0.15, 0.2) is 24.8 Å². The Balaban J connectivity index is 0.00000218. The Labute approximate surface area is 182 Å². The zero-order valence-corrected chi connectivity index (χ0v) is 17.8. The molecule has 5 rings (SSSR count). The van der Waals surface area contributed by atoms with Crippen molar-refractivity contribution in [3.8, 4) is 5.75 Å². The lowest BCUT2D eigenvalue weighted by Gasteiger charge is -2.21. The molecule has 0 aliphatic carbocycles. The molecule has 160 valence electrons. The lowest BCUT2D eigenvalue weighted by atomic mass is 10.1. The molecule has 2 fully saturated rings. The Morgan fingerprint density at radius 3 is 2.10 bits per heavy atom. The first-order valence-corrected chi connectivity index (χ1v) is 10.5. The minimum absolute atomic E-state index is 0. The van der Waals surface area contributed by atoms with Crippen LogP contribution in [-0.4, -0.2) is 61.0 Å². The lowest BCUT2D eigenvalue weighted by molar-refractivity contribution is 0.312. The monoisotopic (exact) mass is 429 g/mol. The molecule has 0 atom stereocenters. The molecule has 1 aromatic carbocycles. The molecule has 3 N–H and O–H groups in total. The predicted octanol–water partition coefficient (Wildman–Crippen LogP) is 3.42. The van der Waals surface area contributed by atoms with E-state index in [0.717, 1.165) is 61.6 Å². The maximum Gasteiger partial charge on any atom is 0.182 e. The van der Waals surface area contributed by atoms with Gasteiger partial charge in [0, 0.05) is 29.9 Å². The number of likely N-dealkylation sites (tertiary alicyclic amines) is 2. The average Bonchev–Trinajstić information content (AvgIpc) is 3.48. The summed E-state index contributed by atoms with van der Waals surface area (Å²) < 4.78 is 0. The number of anilines is 2. The number of phenols is 1. The SMILES string of the molecule is Cl.Oc1c(CN2CCCC2)cc(Nc2ncnc3nc[nH]c23)cc1CN1CCCC1. The molecule has 3 aromatic rings. The fourth-order valence-corrected chi connectivity index (χ4v) is 4.43. The van der Waals surface area contributed by atoms with E-state index >= 15 is 0 Å². The Morgan fingerprint density at radius 1 is 0.900 bits per heavy atom. The van der Waals surface area contributed by atoms with Crippen LogP contribution in [0.25, 0.3) is 11.2 Å². The molecule has 2 aliphatic rings. The maximum absolute atomic E-state index is 11.0. The van der Waals surface area contributed by atoms with E-state index in [9.17, 15) is 5.11 Å². The highest BCUT2D eigenvalue weighted by atomic mass is 35.5. The van der Waals surface area contributed by atoms with Gasteiger partial charge in [-0.25, -0.2) is 15.0 Å². The van der Waals surface area contributed by atoms with Crippen LogP contribution in [0.2, 0.25) is 0 Å². The summed E-state index contributed by atoms with van der Waals surface area (Å²) in [5.41, 5.74) is 4.29. The highest BCUT2D eigenvalue weighted by Crippen LogP contribution is 2.32. The van der Waals surface area contributed by atoms with Crippen LogP contribution in [0.5, 0.6) is 5.75 Å². The maximum atomic E-state index is 11.0. The third kappa shape index (κ3) is 4.35. The van der Waals surface area contributed by atoms with Gasteiger partial charge in [0.1, 0.15) is 17.6 Å². The number of aromatic amines is 1. The van der Waals surface area contributed by atoms with Crippen molar-refractivity contribution in [3.05, 3.63) is 35.9 Å². The number of rotatable bonds is 6. The highest BCUT2D eigenvalue weighted by molar-refractivity contribution is 5.85. The van der Waals surface area contributed by atoms with Crippen molar-refractivity contribution in [3.63, 3.8) is 0 Å². The normalized spacial score (nSPS) is 17.5. The topological polar surface area (TPSA) is 93.2 Å². The summed E-state index contributed by atoms with van der Waals surface area (Å²) in [6.07, 6.45) is 8.08. The number of aromatic hydroxyl groups is 1. The Morgan fingerprint density at radius 2 is 1.50 bits per heavy atom. The van der Waals surface area contributed by atoms with E-state index < -0.39 is 0 Å². The van der Waals surface area contributed by atoms with Gasteiger partial charge in [-0.3, -0.25) is 9.80 Å². The van der Waals surface area contributed by atoms with Crippen molar-refractivity contribution in [2.24, 2.45) is 0 Å². The number of phenolic OH excluding ortho intramolecular Hbond substituents is 1. The van der Waals surface area contributed by atoms with Gasteiger partial charge in [0.2, 0.25) is 0 Å². The van der Waals surface area contributed by atoms with Crippen LogP contribution in [0.3, 0.4) is 0 Å². The van der Waals surface area contributed by atoms with Crippen molar-refractivity contribution >= 4 is 35.1 Å². The molecular formula is C21H28ClN7O. The summed E-state index contributed by atoms with van der Waals surface area (Å²) in [5, 5.41) is 14.4. The second-order valence-electron chi connectivity index (χ2n) is 8.06. The zero-order valence-electron chi connectivity index (χ0n) is 17.0. The Bertz CT molecular complexity index is 957. The van der Waals surface area contributed by atoms with Crippen LogP contribution in [-0.2, 0) is 13.1 Å². The zero-order chi connectivity index (χ0) is 19.6. The van der Waals surface area contributed by atoms with Gasteiger partial charge in [0.25, 0.3) is 0 Å². The molecule has 2 aliphatic heterocycles. The van der Waals surface area contributed by atoms with Crippen molar-refractivity contribution in [2.75, 3.05) is 31.5 Å². The number of halogens is 1. The standard InChI is InChI=1S/C21H27N7O.ClH/c29-19-15(11-27-5-1-2-6-27)9-17(10-16(19)12-28-7-3-4-8-28)26-21-18-20(23-13-22-18)24-14-25-21;/h9-10,13-14,29H,1-8,11-12H2,(H2,22,23,24,25,26);1H. The molecule has 30 heavy (non-hydrogen) atoms. The number of aromatic nitrogens is 4. The van der Waals surface area contributed by atoms with Crippen molar-refractivity contribution in [1.82, 2.24) is 29.7 Å². The Kier molecular flexibility index (Phi) is 6.36. The number of H-pyrrole nitrogens is 1. The minimum Gasteiger partial charge on any atom is -0.507 e. The quantitative estimate of drug-likeness (QED) is 0.517. The summed E-state index contributed by atoms with van der Waals surface area (Å²) in [5.74, 6) is 1.13. The van der Waals surface area contributed by atoms with Crippen LogP contribution in [0.4, 0.5) is 11.5 Å². The van der Waals surface area contributed by atoms with Crippen LogP contribution >= 0.6 is 12.4 Å². The number of benzene rings is 1. The van der Waals surface area contributed by atoms with Gasteiger partial charge in [-0.05, 0) is 64.0 Å². The fourth-order valence-electron chi connectivity index (χ4n) is 4.43. The van der Waals surface area contributed by atoms with Gasteiger partial charge >= 0.3 is 0 Å². The van der Waals surface area contributed by atoms with E-state index in [2.05, 4.69) is 35.1 Å². The number of nitrogens with one attached hydrogen (secondary N) is 2. The number of hydrogen-bond acceptors (Lipinski definition) is 7. The fraction of sp³-hybridized carbons (Fsp3) is 0.476.